The van der Waals surface area contributed by atoms with Crippen LogP contribution in [0, 0.1) is 0 Å². The van der Waals surface area contributed by atoms with Crippen molar-refractivity contribution in [3.8, 4) is 0 Å². The van der Waals surface area contributed by atoms with Crippen LogP contribution < -0.4 is 5.32 Å². The van der Waals surface area contributed by atoms with Gasteiger partial charge in [0.05, 0.1) is 5.70 Å². The Hall–Kier alpha value is -2.94. The highest BCUT2D eigenvalue weighted by atomic mass is 16.1. The van der Waals surface area contributed by atoms with Crippen LogP contribution in [-0.4, -0.2) is 11.6 Å². The van der Waals surface area contributed by atoms with Gasteiger partial charge in [-0.3, -0.25) is 9.59 Å². The first-order valence-corrected chi connectivity index (χ1v) is 8.01. The maximum Gasteiger partial charge on any atom is 0.192 e. The van der Waals surface area contributed by atoms with Crippen molar-refractivity contribution in [2.45, 2.75) is 19.8 Å². The number of carbonyl (C=O) groups is 2. The molecule has 0 saturated carbocycles. The first-order chi connectivity index (χ1) is 11.6. The van der Waals surface area contributed by atoms with E-state index in [1.54, 1.807) is 6.92 Å². The molecule has 0 radical (unpaired) electrons. The Balaban J connectivity index is 1.98. The lowest BCUT2D eigenvalue weighted by Crippen LogP contribution is -2.27. The van der Waals surface area contributed by atoms with Gasteiger partial charge >= 0.3 is 0 Å². The number of hydrogen-bond acceptors (Lipinski definition) is 3. The monoisotopic (exact) mass is 315 g/mol. The normalized spacial score (nSPS) is 19.1. The Morgan fingerprint density at radius 2 is 1.58 bits per heavy atom. The van der Waals surface area contributed by atoms with Crippen molar-refractivity contribution in [1.29, 1.82) is 0 Å². The third-order valence-electron chi connectivity index (χ3n) is 4.76. The summed E-state index contributed by atoms with van der Waals surface area (Å²) in [7, 11) is 0. The quantitative estimate of drug-likeness (QED) is 0.916. The van der Waals surface area contributed by atoms with Crippen LogP contribution in [0.5, 0.6) is 0 Å². The van der Waals surface area contributed by atoms with E-state index in [2.05, 4.69) is 5.32 Å². The molecule has 0 saturated heterocycles. The Bertz CT molecular complexity index is 935. The van der Waals surface area contributed by atoms with Crippen molar-refractivity contribution >= 4 is 17.3 Å². The van der Waals surface area contributed by atoms with Crippen LogP contribution in [0.25, 0.3) is 5.70 Å². The minimum atomic E-state index is -0.320. The summed E-state index contributed by atoms with van der Waals surface area (Å²) < 4.78 is 0. The van der Waals surface area contributed by atoms with Crippen LogP contribution in [0.1, 0.15) is 41.3 Å². The Morgan fingerprint density at radius 1 is 0.958 bits per heavy atom. The number of ketones is 2. The molecule has 0 fully saturated rings. The minimum absolute atomic E-state index is 0.00760. The summed E-state index contributed by atoms with van der Waals surface area (Å²) in [4.78, 5) is 25.4. The lowest BCUT2D eigenvalue weighted by atomic mass is 9.78. The van der Waals surface area contributed by atoms with Gasteiger partial charge in [0.1, 0.15) is 0 Å². The maximum absolute atomic E-state index is 13.1. The molecule has 4 rings (SSSR count). The summed E-state index contributed by atoms with van der Waals surface area (Å²) in [6.07, 6.45) is 0. The molecule has 0 aromatic heterocycles. The summed E-state index contributed by atoms with van der Waals surface area (Å²) in [6, 6.07) is 17.4. The van der Waals surface area contributed by atoms with Gasteiger partial charge in [-0.2, -0.15) is 0 Å². The van der Waals surface area contributed by atoms with E-state index in [0.29, 0.717) is 16.7 Å². The Labute approximate surface area is 140 Å². The summed E-state index contributed by atoms with van der Waals surface area (Å²) in [5.41, 5.74) is 5.59. The van der Waals surface area contributed by atoms with Gasteiger partial charge in [0.2, 0.25) is 0 Å². The van der Waals surface area contributed by atoms with Gasteiger partial charge in [-0.05, 0) is 19.4 Å². The van der Waals surface area contributed by atoms with Crippen molar-refractivity contribution in [1.82, 2.24) is 5.32 Å². The Morgan fingerprint density at radius 3 is 2.25 bits per heavy atom. The smallest absolute Gasteiger partial charge is 0.192 e. The average molecular weight is 315 g/mol. The second-order valence-corrected chi connectivity index (χ2v) is 6.23. The van der Waals surface area contributed by atoms with E-state index in [1.807, 2.05) is 61.5 Å². The van der Waals surface area contributed by atoms with Gasteiger partial charge in [-0.15, -0.1) is 0 Å². The van der Waals surface area contributed by atoms with Gasteiger partial charge in [0.25, 0.3) is 0 Å². The molecule has 3 heteroatoms. The minimum Gasteiger partial charge on any atom is -0.358 e. The van der Waals surface area contributed by atoms with E-state index in [-0.39, 0.29) is 17.5 Å². The number of rotatable bonds is 2. The molecule has 1 aliphatic heterocycles. The van der Waals surface area contributed by atoms with Crippen LogP contribution in [0.4, 0.5) is 0 Å². The highest BCUT2D eigenvalue weighted by molar-refractivity contribution is 6.23. The molecule has 118 valence electrons. The van der Waals surface area contributed by atoms with E-state index < -0.39 is 0 Å². The number of benzene rings is 2. The lowest BCUT2D eigenvalue weighted by Gasteiger charge is -2.29. The Kier molecular flexibility index (Phi) is 3.24. The number of nitrogens with one attached hydrogen (secondary N) is 1. The molecule has 1 N–H and O–H groups in total. The molecule has 2 aromatic carbocycles. The van der Waals surface area contributed by atoms with Crippen molar-refractivity contribution < 1.29 is 9.59 Å². The number of fused-ring (bicyclic) bond motifs is 2. The lowest BCUT2D eigenvalue weighted by molar-refractivity contribution is -0.113. The zero-order chi connectivity index (χ0) is 16.8. The van der Waals surface area contributed by atoms with Crippen molar-refractivity contribution in [2.75, 3.05) is 0 Å². The largest absolute Gasteiger partial charge is 0.358 e. The molecule has 0 spiro atoms. The second-order valence-electron chi connectivity index (χ2n) is 6.23. The molecule has 3 nitrogen and oxygen atoms in total. The molecule has 1 heterocycles. The van der Waals surface area contributed by atoms with E-state index in [4.69, 9.17) is 0 Å². The molecular weight excluding hydrogens is 298 g/mol. The van der Waals surface area contributed by atoms with Gasteiger partial charge in [0.15, 0.2) is 11.6 Å². The fourth-order valence-corrected chi connectivity index (χ4v) is 3.77. The van der Waals surface area contributed by atoms with E-state index in [1.165, 1.54) is 0 Å². The predicted molar refractivity (Wildman–Crippen MR) is 93.4 cm³/mol. The number of dihydropyridines is 1. The third kappa shape index (κ3) is 1.98. The van der Waals surface area contributed by atoms with Crippen LogP contribution in [0.15, 0.2) is 71.4 Å². The fourth-order valence-electron chi connectivity index (χ4n) is 3.77. The second kappa shape index (κ2) is 5.31. The van der Waals surface area contributed by atoms with Gasteiger partial charge < -0.3 is 5.32 Å². The average Bonchev–Trinajstić information content (AvgIpc) is 2.87. The first-order valence-electron chi connectivity index (χ1n) is 8.01. The summed E-state index contributed by atoms with van der Waals surface area (Å²) in [5.74, 6) is -0.322. The van der Waals surface area contributed by atoms with Crippen LogP contribution >= 0.6 is 0 Å². The summed E-state index contributed by atoms with van der Waals surface area (Å²) in [6.45, 7) is 3.47. The van der Waals surface area contributed by atoms with Crippen LogP contribution in [0.3, 0.4) is 0 Å². The molecule has 2 aliphatic rings. The standard InChI is InChI=1S/C21H17NO2/c1-12-17(13(2)23)18(14-8-4-3-5-9-14)19-20(22-12)15-10-6-7-11-16(15)21(19)24/h3-11,18,22H,1-2H3/t18-/m0/s1. The van der Waals surface area contributed by atoms with Gasteiger partial charge in [0, 0.05) is 33.9 Å². The molecule has 1 aliphatic carbocycles. The number of allylic oxidation sites excluding steroid dienone is 3. The molecule has 0 amide bonds. The van der Waals surface area contributed by atoms with Crippen molar-refractivity contribution in [3.63, 3.8) is 0 Å². The van der Waals surface area contributed by atoms with E-state index in [0.717, 1.165) is 22.5 Å². The molecule has 24 heavy (non-hydrogen) atoms. The predicted octanol–water partition coefficient (Wildman–Crippen LogP) is 3.84. The van der Waals surface area contributed by atoms with Crippen LogP contribution in [-0.2, 0) is 4.79 Å². The van der Waals surface area contributed by atoms with Crippen molar-refractivity contribution in [3.05, 3.63) is 88.1 Å². The maximum atomic E-state index is 13.1. The summed E-state index contributed by atoms with van der Waals surface area (Å²) >= 11 is 0. The molecule has 2 aromatic rings. The number of carbonyl (C=O) groups excluding carboxylic acids is 2. The number of Topliss-reactive ketones (excluding diaryl/α,β-unsaturated/α-hetero) is 2. The zero-order valence-electron chi connectivity index (χ0n) is 13.6. The molecule has 1 atom stereocenters. The van der Waals surface area contributed by atoms with E-state index >= 15 is 0 Å². The number of hydrogen-bond donors (Lipinski definition) is 1. The summed E-state index contributed by atoms with van der Waals surface area (Å²) in [5, 5.41) is 3.31. The zero-order valence-corrected chi connectivity index (χ0v) is 13.6. The topological polar surface area (TPSA) is 46.2 Å². The van der Waals surface area contributed by atoms with Crippen molar-refractivity contribution in [2.24, 2.45) is 0 Å². The SMILES string of the molecule is CC(=O)C1=C(C)NC2=C(C(=O)c3ccccc32)[C@H]1c1ccccc1. The van der Waals surface area contributed by atoms with E-state index in [9.17, 15) is 9.59 Å². The molecule has 0 unspecified atom stereocenters. The van der Waals surface area contributed by atoms with Crippen LogP contribution in [0.2, 0.25) is 0 Å². The molecular formula is C21H17NO2. The van der Waals surface area contributed by atoms with Gasteiger partial charge in [-0.1, -0.05) is 54.6 Å². The third-order valence-corrected chi connectivity index (χ3v) is 4.76. The van der Waals surface area contributed by atoms with Gasteiger partial charge in [-0.25, -0.2) is 0 Å². The highest BCUT2D eigenvalue weighted by Gasteiger charge is 2.41. The fraction of sp³-hybridized carbons (Fsp3) is 0.143. The first kappa shape index (κ1) is 14.6. The molecule has 0 bridgehead atoms. The highest BCUT2D eigenvalue weighted by Crippen LogP contribution is 2.46.